The van der Waals surface area contributed by atoms with Gasteiger partial charge >= 0.3 is 5.97 Å². The van der Waals surface area contributed by atoms with Gasteiger partial charge in [-0.2, -0.15) is 0 Å². The lowest BCUT2D eigenvalue weighted by molar-refractivity contribution is -0.111. The largest absolute Gasteiger partial charge is 0.478 e. The Hall–Kier alpha value is -2.40. The minimum Gasteiger partial charge on any atom is -0.478 e. The Morgan fingerprint density at radius 3 is 2.48 bits per heavy atom. The zero-order valence-corrected chi connectivity index (χ0v) is 12.5. The van der Waals surface area contributed by atoms with Gasteiger partial charge in [0.15, 0.2) is 0 Å². The van der Waals surface area contributed by atoms with Crippen LogP contribution in [0.2, 0.25) is 0 Å². The molecule has 0 aliphatic heterocycles. The predicted octanol–water partition coefficient (Wildman–Crippen LogP) is 3.80. The van der Waals surface area contributed by atoms with E-state index in [0.717, 1.165) is 10.0 Å². The van der Waals surface area contributed by atoms with Crippen molar-refractivity contribution in [3.05, 3.63) is 70.2 Å². The second-order valence-corrected chi connectivity index (χ2v) is 5.18. The molecule has 0 atom stereocenters. The summed E-state index contributed by atoms with van der Waals surface area (Å²) >= 11 is 3.34. The van der Waals surface area contributed by atoms with E-state index in [-0.39, 0.29) is 11.5 Å². The number of amides is 1. The first-order valence-corrected chi connectivity index (χ1v) is 6.92. The lowest BCUT2D eigenvalue weighted by Crippen LogP contribution is -2.08. The van der Waals surface area contributed by atoms with Crippen LogP contribution in [0.25, 0.3) is 6.08 Å². The predicted molar refractivity (Wildman–Crippen MR) is 85.2 cm³/mol. The highest BCUT2D eigenvalue weighted by atomic mass is 79.9. The molecule has 0 bridgehead atoms. The molecule has 2 aromatic carbocycles. The Morgan fingerprint density at radius 2 is 1.81 bits per heavy atom. The van der Waals surface area contributed by atoms with Gasteiger partial charge in [0, 0.05) is 16.2 Å². The smallest absolute Gasteiger partial charge is 0.335 e. The lowest BCUT2D eigenvalue weighted by atomic mass is 10.2. The Labute approximate surface area is 130 Å². The molecule has 4 nitrogen and oxygen atoms in total. The van der Waals surface area contributed by atoms with Gasteiger partial charge in [-0.05, 0) is 42.0 Å². The van der Waals surface area contributed by atoms with E-state index in [2.05, 4.69) is 21.2 Å². The maximum Gasteiger partial charge on any atom is 0.335 e. The van der Waals surface area contributed by atoms with Crippen LogP contribution in [0.15, 0.2) is 59.1 Å². The van der Waals surface area contributed by atoms with Gasteiger partial charge < -0.3 is 10.4 Å². The van der Waals surface area contributed by atoms with Crippen molar-refractivity contribution in [2.45, 2.75) is 0 Å². The van der Waals surface area contributed by atoms with E-state index >= 15 is 0 Å². The molecule has 0 aromatic heterocycles. The van der Waals surface area contributed by atoms with E-state index in [1.165, 1.54) is 18.2 Å². The standard InChI is InChI=1S/C16H12BrNO3/c17-13-7-4-11(5-8-13)6-9-15(19)18-14-3-1-2-12(10-14)16(20)21/h1-10H,(H,18,19)(H,20,21). The molecule has 0 fully saturated rings. The third-order valence-corrected chi connectivity index (χ3v) is 3.20. The number of hydrogen-bond acceptors (Lipinski definition) is 2. The monoisotopic (exact) mass is 345 g/mol. The second-order valence-electron chi connectivity index (χ2n) is 4.26. The number of carboxylic acids is 1. The highest BCUT2D eigenvalue weighted by molar-refractivity contribution is 9.10. The molecule has 0 heterocycles. The number of benzene rings is 2. The molecule has 106 valence electrons. The SMILES string of the molecule is O=C(C=Cc1ccc(Br)cc1)Nc1cccc(C(=O)O)c1. The van der Waals surface area contributed by atoms with Crippen LogP contribution in [0, 0.1) is 0 Å². The van der Waals surface area contributed by atoms with Crippen LogP contribution in [0.5, 0.6) is 0 Å². The number of hydrogen-bond donors (Lipinski definition) is 2. The normalized spacial score (nSPS) is 10.5. The van der Waals surface area contributed by atoms with Crippen molar-refractivity contribution in [3.8, 4) is 0 Å². The summed E-state index contributed by atoms with van der Waals surface area (Å²) in [5.41, 5.74) is 1.47. The Bertz CT molecular complexity index is 693. The van der Waals surface area contributed by atoms with Crippen molar-refractivity contribution in [2.75, 3.05) is 5.32 Å². The van der Waals surface area contributed by atoms with E-state index < -0.39 is 5.97 Å². The van der Waals surface area contributed by atoms with Crippen LogP contribution in [0.3, 0.4) is 0 Å². The van der Waals surface area contributed by atoms with Gasteiger partial charge in [-0.1, -0.05) is 34.1 Å². The molecule has 2 rings (SSSR count). The summed E-state index contributed by atoms with van der Waals surface area (Å²) in [6.07, 6.45) is 3.08. The summed E-state index contributed by atoms with van der Waals surface area (Å²) in [5, 5.41) is 11.5. The van der Waals surface area contributed by atoms with Crippen LogP contribution in [-0.2, 0) is 4.79 Å². The Morgan fingerprint density at radius 1 is 1.10 bits per heavy atom. The molecule has 2 aromatic rings. The van der Waals surface area contributed by atoms with E-state index in [1.807, 2.05) is 24.3 Å². The van der Waals surface area contributed by atoms with Gasteiger partial charge in [0.25, 0.3) is 0 Å². The number of rotatable bonds is 4. The van der Waals surface area contributed by atoms with Crippen LogP contribution in [0.1, 0.15) is 15.9 Å². The summed E-state index contributed by atoms with van der Waals surface area (Å²) in [6.45, 7) is 0. The van der Waals surface area contributed by atoms with Gasteiger partial charge in [0.05, 0.1) is 5.56 Å². The maximum atomic E-state index is 11.8. The molecule has 5 heteroatoms. The minimum atomic E-state index is -1.03. The summed E-state index contributed by atoms with van der Waals surface area (Å²) in [7, 11) is 0. The summed E-state index contributed by atoms with van der Waals surface area (Å²) in [4.78, 5) is 22.6. The molecule has 0 saturated carbocycles. The summed E-state index contributed by atoms with van der Waals surface area (Å²) in [5.74, 6) is -1.35. The highest BCUT2D eigenvalue weighted by Gasteiger charge is 2.04. The van der Waals surface area contributed by atoms with Crippen molar-refractivity contribution in [1.29, 1.82) is 0 Å². The Kier molecular flexibility index (Phi) is 4.90. The van der Waals surface area contributed by atoms with Crippen LogP contribution in [-0.4, -0.2) is 17.0 Å². The van der Waals surface area contributed by atoms with Crippen molar-refractivity contribution in [3.63, 3.8) is 0 Å². The molecule has 21 heavy (non-hydrogen) atoms. The van der Waals surface area contributed by atoms with Gasteiger partial charge in [-0.25, -0.2) is 4.79 Å². The topological polar surface area (TPSA) is 66.4 Å². The number of carboxylic acid groups (broad SMARTS) is 1. The zero-order chi connectivity index (χ0) is 15.2. The van der Waals surface area contributed by atoms with Crippen molar-refractivity contribution in [1.82, 2.24) is 0 Å². The number of carbonyl (C=O) groups excluding carboxylic acids is 1. The first kappa shape index (κ1) is 15.0. The molecule has 0 aliphatic carbocycles. The first-order chi connectivity index (χ1) is 10.0. The number of carbonyl (C=O) groups is 2. The fourth-order valence-corrected chi connectivity index (χ4v) is 1.92. The maximum absolute atomic E-state index is 11.8. The average Bonchev–Trinajstić information content (AvgIpc) is 2.47. The van der Waals surface area contributed by atoms with Crippen molar-refractivity contribution < 1.29 is 14.7 Å². The van der Waals surface area contributed by atoms with E-state index in [0.29, 0.717) is 5.69 Å². The fraction of sp³-hybridized carbons (Fsp3) is 0. The molecular formula is C16H12BrNO3. The third kappa shape index (κ3) is 4.57. The summed E-state index contributed by atoms with van der Waals surface area (Å²) < 4.78 is 0.967. The fourth-order valence-electron chi connectivity index (χ4n) is 1.66. The van der Waals surface area contributed by atoms with Gasteiger partial charge in [-0.3, -0.25) is 4.79 Å². The van der Waals surface area contributed by atoms with Gasteiger partial charge in [0.2, 0.25) is 5.91 Å². The molecule has 2 N–H and O–H groups in total. The molecule has 0 aliphatic rings. The number of aromatic carboxylic acids is 1. The zero-order valence-electron chi connectivity index (χ0n) is 10.9. The third-order valence-electron chi connectivity index (χ3n) is 2.67. The molecular weight excluding hydrogens is 334 g/mol. The molecule has 0 spiro atoms. The number of anilines is 1. The molecule has 0 unspecified atom stereocenters. The quantitative estimate of drug-likeness (QED) is 0.828. The molecule has 0 saturated heterocycles. The minimum absolute atomic E-state index is 0.129. The first-order valence-electron chi connectivity index (χ1n) is 6.12. The second kappa shape index (κ2) is 6.85. The lowest BCUT2D eigenvalue weighted by Gasteiger charge is -2.03. The number of halogens is 1. The average molecular weight is 346 g/mol. The summed E-state index contributed by atoms with van der Waals surface area (Å²) in [6, 6.07) is 13.6. The Balaban J connectivity index is 2.03. The van der Waals surface area contributed by atoms with E-state index in [4.69, 9.17) is 5.11 Å². The highest BCUT2D eigenvalue weighted by Crippen LogP contribution is 2.13. The van der Waals surface area contributed by atoms with Crippen LogP contribution in [0.4, 0.5) is 5.69 Å². The van der Waals surface area contributed by atoms with E-state index in [9.17, 15) is 9.59 Å². The molecule has 0 radical (unpaired) electrons. The van der Waals surface area contributed by atoms with Crippen molar-refractivity contribution in [2.24, 2.45) is 0 Å². The van der Waals surface area contributed by atoms with Gasteiger partial charge in [-0.15, -0.1) is 0 Å². The number of nitrogens with one attached hydrogen (secondary N) is 1. The molecule has 1 amide bonds. The van der Waals surface area contributed by atoms with Crippen molar-refractivity contribution >= 4 is 39.6 Å². The van der Waals surface area contributed by atoms with Gasteiger partial charge in [0.1, 0.15) is 0 Å². The van der Waals surface area contributed by atoms with Crippen LogP contribution < -0.4 is 5.32 Å². The van der Waals surface area contributed by atoms with Crippen LogP contribution >= 0.6 is 15.9 Å². The van der Waals surface area contributed by atoms with E-state index in [1.54, 1.807) is 18.2 Å².